The second kappa shape index (κ2) is 14.7. The summed E-state index contributed by atoms with van der Waals surface area (Å²) < 4.78 is 0. The summed E-state index contributed by atoms with van der Waals surface area (Å²) in [6, 6.07) is 0. The zero-order valence-corrected chi connectivity index (χ0v) is 19.4. The molecule has 0 bridgehead atoms. The van der Waals surface area contributed by atoms with Gasteiger partial charge in [0.05, 0.1) is 6.67 Å². The average Bonchev–Trinajstić information content (AvgIpc) is 2.31. The molecular formula is C8H19Br3HgN2. The molecule has 14 heavy (non-hydrogen) atoms. The summed E-state index contributed by atoms with van der Waals surface area (Å²) in [5.74, 6) is 0. The molecule has 0 saturated heterocycles. The Hall–Kier alpha value is 1.72. The van der Waals surface area contributed by atoms with Gasteiger partial charge in [0.15, 0.2) is 0 Å². The van der Waals surface area contributed by atoms with Crippen LogP contribution in [0.1, 0.15) is 19.8 Å². The molecule has 1 heterocycles. The fourth-order valence-electron chi connectivity index (χ4n) is 1.10. The maximum Gasteiger partial charge on any atom is 0.0890 e. The molecule has 0 aromatic rings. The van der Waals surface area contributed by atoms with Crippen LogP contribution in [-0.4, -0.2) is 30.1 Å². The van der Waals surface area contributed by atoms with Gasteiger partial charge in [0, 0.05) is 53.7 Å². The Morgan fingerprint density at radius 1 is 1.14 bits per heavy atom. The van der Waals surface area contributed by atoms with Crippen LogP contribution in [0.4, 0.5) is 0 Å². The van der Waals surface area contributed by atoms with Gasteiger partial charge in [0.1, 0.15) is 0 Å². The summed E-state index contributed by atoms with van der Waals surface area (Å²) in [6.45, 7) is 4.50. The van der Waals surface area contributed by atoms with Gasteiger partial charge in [-0.25, -0.2) is 0 Å². The van der Waals surface area contributed by atoms with Gasteiger partial charge in [-0.2, -0.15) is 0 Å². The Morgan fingerprint density at radius 2 is 1.71 bits per heavy atom. The number of rotatable bonds is 3. The quantitative estimate of drug-likeness (QED) is 0.472. The molecule has 0 atom stereocenters. The number of nitrogens with zero attached hydrogens (tertiary/aromatic N) is 2. The predicted octanol–water partition coefficient (Wildman–Crippen LogP) is 3.19. The first-order valence-electron chi connectivity index (χ1n) is 3.95. The Kier molecular flexibility index (Phi) is 26.1. The molecule has 0 radical (unpaired) electrons. The van der Waals surface area contributed by atoms with Crippen LogP contribution in [0.25, 0.3) is 0 Å². The maximum atomic E-state index is 2.34. The summed E-state index contributed by atoms with van der Waals surface area (Å²) in [4.78, 5) is 4.53. The number of unbranched alkanes of at least 4 members (excludes halogenated alkanes) is 1. The third-order valence-corrected chi connectivity index (χ3v) is 1.74. The van der Waals surface area contributed by atoms with Gasteiger partial charge in [-0.3, -0.25) is 0 Å². The molecule has 0 fully saturated rings. The van der Waals surface area contributed by atoms with E-state index in [4.69, 9.17) is 0 Å². The number of hydrogen-bond donors (Lipinski definition) is 0. The van der Waals surface area contributed by atoms with Crippen LogP contribution in [0.5, 0.6) is 0 Å². The summed E-state index contributed by atoms with van der Waals surface area (Å²) in [5.41, 5.74) is 0. The van der Waals surface area contributed by atoms with E-state index in [1.165, 1.54) is 19.4 Å². The smallest absolute Gasteiger partial charge is 0.0890 e. The van der Waals surface area contributed by atoms with Crippen molar-refractivity contribution in [3.8, 4) is 0 Å². The fourth-order valence-corrected chi connectivity index (χ4v) is 1.10. The van der Waals surface area contributed by atoms with Crippen molar-refractivity contribution in [2.24, 2.45) is 0 Å². The van der Waals surface area contributed by atoms with Crippen molar-refractivity contribution in [3.05, 3.63) is 12.4 Å². The largest absolute Gasteiger partial charge is 0.362 e. The van der Waals surface area contributed by atoms with Gasteiger partial charge in [-0.15, -0.1) is 50.9 Å². The van der Waals surface area contributed by atoms with E-state index in [1.807, 2.05) is 0 Å². The summed E-state index contributed by atoms with van der Waals surface area (Å²) in [6.07, 6.45) is 6.87. The Labute approximate surface area is 139 Å². The van der Waals surface area contributed by atoms with Crippen molar-refractivity contribution in [1.29, 1.82) is 0 Å². The van der Waals surface area contributed by atoms with E-state index in [9.17, 15) is 0 Å². The maximum absolute atomic E-state index is 2.34. The molecule has 1 rings (SSSR count). The van der Waals surface area contributed by atoms with Gasteiger partial charge >= 0.3 is 0 Å². The van der Waals surface area contributed by atoms with Gasteiger partial charge in [-0.1, -0.05) is 13.3 Å². The number of hydrogen-bond acceptors (Lipinski definition) is 2. The second-order valence-electron chi connectivity index (χ2n) is 2.86. The van der Waals surface area contributed by atoms with E-state index in [0.717, 1.165) is 6.67 Å². The van der Waals surface area contributed by atoms with Gasteiger partial charge in [0.2, 0.25) is 0 Å². The van der Waals surface area contributed by atoms with Crippen molar-refractivity contribution in [2.45, 2.75) is 19.8 Å². The van der Waals surface area contributed by atoms with Crippen molar-refractivity contribution >= 4 is 50.9 Å². The van der Waals surface area contributed by atoms with E-state index in [-0.39, 0.29) is 78.6 Å². The van der Waals surface area contributed by atoms with E-state index < -0.39 is 0 Å². The Morgan fingerprint density at radius 3 is 2.07 bits per heavy atom. The molecule has 1 aliphatic rings. The standard InChI is InChI=1S/C8H16N2.3BrH.Hg/c1-3-4-5-10-7-6-9(2)8-10;;;;/h6-7H,3-5,8H2,1-2H3;3*1H;. The Bertz CT molecular complexity index is 136. The minimum Gasteiger partial charge on any atom is -0.362 e. The third kappa shape index (κ3) is 10.2. The van der Waals surface area contributed by atoms with Crippen LogP contribution < -0.4 is 0 Å². The van der Waals surface area contributed by atoms with Gasteiger partial charge in [-0.05, 0) is 6.42 Å². The SMILES string of the molecule is Br.Br.Br.CCCCN1C=CN(C)C1.[Hg]. The first-order valence-corrected chi connectivity index (χ1v) is 3.95. The Balaban J connectivity index is -0.000000125. The topological polar surface area (TPSA) is 6.48 Å². The van der Waals surface area contributed by atoms with Gasteiger partial charge < -0.3 is 9.80 Å². The summed E-state index contributed by atoms with van der Waals surface area (Å²) >= 11 is 0. The second-order valence-corrected chi connectivity index (χ2v) is 2.86. The van der Waals surface area contributed by atoms with E-state index in [0.29, 0.717) is 0 Å². The fraction of sp³-hybridized carbons (Fsp3) is 0.750. The molecule has 0 unspecified atom stereocenters. The molecule has 0 spiro atoms. The summed E-state index contributed by atoms with van der Waals surface area (Å²) in [7, 11) is 2.10. The van der Waals surface area contributed by atoms with Crippen molar-refractivity contribution in [3.63, 3.8) is 0 Å². The van der Waals surface area contributed by atoms with E-state index in [1.54, 1.807) is 0 Å². The molecular weight excluding hydrogens is 564 g/mol. The predicted molar refractivity (Wildman–Crippen MR) is 74.4 cm³/mol. The molecule has 0 aliphatic carbocycles. The first kappa shape index (κ1) is 24.8. The molecule has 84 valence electrons. The van der Waals surface area contributed by atoms with Crippen molar-refractivity contribution < 1.29 is 27.7 Å². The molecule has 0 saturated carbocycles. The third-order valence-electron chi connectivity index (χ3n) is 1.74. The molecule has 0 amide bonds. The first-order chi connectivity index (χ1) is 4.83. The minimum atomic E-state index is 0. The van der Waals surface area contributed by atoms with Crippen molar-refractivity contribution in [2.75, 3.05) is 20.3 Å². The van der Waals surface area contributed by atoms with E-state index >= 15 is 0 Å². The monoisotopic (exact) mass is 582 g/mol. The van der Waals surface area contributed by atoms with Crippen LogP contribution in [0, 0.1) is 0 Å². The van der Waals surface area contributed by atoms with Crippen molar-refractivity contribution in [1.82, 2.24) is 9.80 Å². The minimum absolute atomic E-state index is 0. The summed E-state index contributed by atoms with van der Waals surface area (Å²) in [5, 5.41) is 0. The normalized spacial score (nSPS) is 12.1. The molecule has 2 nitrogen and oxygen atoms in total. The van der Waals surface area contributed by atoms with E-state index in [2.05, 4.69) is 36.2 Å². The van der Waals surface area contributed by atoms with Crippen LogP contribution in [-0.2, 0) is 27.7 Å². The molecule has 6 heteroatoms. The van der Waals surface area contributed by atoms with Crippen LogP contribution >= 0.6 is 50.9 Å². The number of halogens is 3. The molecule has 0 aromatic carbocycles. The average molecular weight is 584 g/mol. The molecule has 1 aliphatic heterocycles. The van der Waals surface area contributed by atoms with Crippen LogP contribution in [0.15, 0.2) is 12.4 Å². The van der Waals surface area contributed by atoms with Gasteiger partial charge in [0.25, 0.3) is 0 Å². The zero-order valence-electron chi connectivity index (χ0n) is 8.81. The molecule has 0 aromatic heterocycles. The van der Waals surface area contributed by atoms with Crippen LogP contribution in [0.3, 0.4) is 0 Å². The zero-order chi connectivity index (χ0) is 7.40. The molecule has 0 N–H and O–H groups in total. The van der Waals surface area contributed by atoms with Crippen LogP contribution in [0.2, 0.25) is 0 Å².